The molecule has 2 fully saturated rings. The first-order valence-electron chi connectivity index (χ1n) is 8.03. The highest BCUT2D eigenvalue weighted by Crippen LogP contribution is 2.30. The number of thioether (sulfide) groups is 1. The van der Waals surface area contributed by atoms with E-state index in [-0.39, 0.29) is 5.91 Å². The average Bonchev–Trinajstić information content (AvgIpc) is 3.22. The van der Waals surface area contributed by atoms with E-state index < -0.39 is 0 Å². The van der Waals surface area contributed by atoms with Gasteiger partial charge in [0.2, 0.25) is 0 Å². The van der Waals surface area contributed by atoms with Crippen molar-refractivity contribution in [3.8, 4) is 5.75 Å². The third kappa shape index (κ3) is 3.54. The SMILES string of the molecule is COc1ccc(C(=O)N2C[C@@H](SC)[C@@H](N3CCCC3)C2)cc1Br. The van der Waals surface area contributed by atoms with Gasteiger partial charge in [0.15, 0.2) is 0 Å². The number of benzene rings is 1. The van der Waals surface area contributed by atoms with Gasteiger partial charge < -0.3 is 9.64 Å². The molecule has 2 aliphatic heterocycles. The number of halogens is 1. The number of amides is 1. The van der Waals surface area contributed by atoms with Gasteiger partial charge in [-0.2, -0.15) is 11.8 Å². The number of likely N-dealkylation sites (tertiary alicyclic amines) is 2. The van der Waals surface area contributed by atoms with E-state index in [4.69, 9.17) is 4.74 Å². The van der Waals surface area contributed by atoms with Crippen LogP contribution >= 0.6 is 27.7 Å². The lowest BCUT2D eigenvalue weighted by molar-refractivity contribution is 0.0780. The third-order valence-electron chi connectivity index (χ3n) is 4.84. The van der Waals surface area contributed by atoms with Crippen molar-refractivity contribution < 1.29 is 9.53 Å². The zero-order valence-corrected chi connectivity index (χ0v) is 16.0. The lowest BCUT2D eigenvalue weighted by atomic mass is 10.2. The highest BCUT2D eigenvalue weighted by Gasteiger charge is 2.39. The Hall–Kier alpha value is -0.720. The Morgan fingerprint density at radius 1 is 1.30 bits per heavy atom. The minimum absolute atomic E-state index is 0.120. The molecule has 2 heterocycles. The maximum Gasteiger partial charge on any atom is 0.253 e. The number of hydrogen-bond donors (Lipinski definition) is 0. The third-order valence-corrected chi connectivity index (χ3v) is 6.52. The van der Waals surface area contributed by atoms with Gasteiger partial charge in [0, 0.05) is 29.9 Å². The van der Waals surface area contributed by atoms with E-state index in [1.54, 1.807) is 7.11 Å². The molecular formula is C17H23BrN2O2S. The van der Waals surface area contributed by atoms with E-state index in [2.05, 4.69) is 27.1 Å². The fourth-order valence-corrected chi connectivity index (χ4v) is 5.00. The summed E-state index contributed by atoms with van der Waals surface area (Å²) >= 11 is 5.36. The zero-order valence-electron chi connectivity index (χ0n) is 13.6. The van der Waals surface area contributed by atoms with Gasteiger partial charge >= 0.3 is 0 Å². The van der Waals surface area contributed by atoms with Crippen LogP contribution in [0.5, 0.6) is 5.75 Å². The Balaban J connectivity index is 1.73. The van der Waals surface area contributed by atoms with Crippen molar-refractivity contribution >= 4 is 33.6 Å². The molecule has 4 nitrogen and oxygen atoms in total. The molecule has 6 heteroatoms. The fraction of sp³-hybridized carbons (Fsp3) is 0.588. The lowest BCUT2D eigenvalue weighted by Crippen LogP contribution is -2.40. The monoisotopic (exact) mass is 398 g/mol. The Kier molecular flexibility index (Phi) is 5.54. The Labute approximate surface area is 150 Å². The van der Waals surface area contributed by atoms with E-state index >= 15 is 0 Å². The predicted molar refractivity (Wildman–Crippen MR) is 98.5 cm³/mol. The number of methoxy groups -OCH3 is 1. The first kappa shape index (κ1) is 17.1. The molecule has 0 unspecified atom stereocenters. The standard InChI is InChI=1S/C17H23BrN2O2S/c1-22-15-6-5-12(9-13(15)18)17(21)20-10-14(16(11-20)23-2)19-7-3-4-8-19/h5-6,9,14,16H,3-4,7-8,10-11H2,1-2H3/t14-,16+/m0/s1. The van der Waals surface area contributed by atoms with Crippen LogP contribution in [-0.2, 0) is 0 Å². The van der Waals surface area contributed by atoms with Crippen molar-refractivity contribution in [2.75, 3.05) is 39.5 Å². The molecule has 1 aromatic rings. The molecule has 23 heavy (non-hydrogen) atoms. The van der Waals surface area contributed by atoms with Gasteiger partial charge in [-0.25, -0.2) is 0 Å². The molecule has 2 atom stereocenters. The number of nitrogens with zero attached hydrogens (tertiary/aromatic N) is 2. The van der Waals surface area contributed by atoms with Crippen LogP contribution in [0.2, 0.25) is 0 Å². The van der Waals surface area contributed by atoms with Crippen molar-refractivity contribution in [3.05, 3.63) is 28.2 Å². The van der Waals surface area contributed by atoms with Crippen LogP contribution in [-0.4, -0.2) is 66.5 Å². The molecule has 0 bridgehead atoms. The van der Waals surface area contributed by atoms with Crippen LogP contribution in [0, 0.1) is 0 Å². The molecule has 1 aromatic carbocycles. The van der Waals surface area contributed by atoms with Crippen LogP contribution in [0.4, 0.5) is 0 Å². The van der Waals surface area contributed by atoms with Crippen molar-refractivity contribution in [1.82, 2.24) is 9.80 Å². The molecule has 0 saturated carbocycles. The molecule has 0 radical (unpaired) electrons. The zero-order chi connectivity index (χ0) is 16.4. The summed E-state index contributed by atoms with van der Waals surface area (Å²) in [5.41, 5.74) is 0.722. The number of rotatable bonds is 4. The number of carbonyl (C=O) groups excluding carboxylic acids is 1. The summed E-state index contributed by atoms with van der Waals surface area (Å²) in [6.45, 7) is 4.04. The van der Waals surface area contributed by atoms with Gasteiger partial charge in [0.25, 0.3) is 5.91 Å². The summed E-state index contributed by atoms with van der Waals surface area (Å²) in [6, 6.07) is 6.05. The first-order chi connectivity index (χ1) is 11.1. The van der Waals surface area contributed by atoms with Crippen LogP contribution in [0.3, 0.4) is 0 Å². The second-order valence-corrected chi connectivity index (χ2v) is 8.08. The maximum absolute atomic E-state index is 12.9. The molecule has 3 rings (SSSR count). The number of hydrogen-bond acceptors (Lipinski definition) is 4. The first-order valence-corrected chi connectivity index (χ1v) is 10.1. The van der Waals surface area contributed by atoms with E-state index in [9.17, 15) is 4.79 Å². The van der Waals surface area contributed by atoms with Crippen molar-refractivity contribution in [2.45, 2.75) is 24.1 Å². The molecule has 0 aliphatic carbocycles. The molecule has 126 valence electrons. The van der Waals surface area contributed by atoms with Crippen LogP contribution in [0.25, 0.3) is 0 Å². The second kappa shape index (κ2) is 7.45. The van der Waals surface area contributed by atoms with Gasteiger partial charge in [0.1, 0.15) is 5.75 Å². The summed E-state index contributed by atoms with van der Waals surface area (Å²) in [5.74, 6) is 0.869. The number of ether oxygens (including phenoxy) is 1. The van der Waals surface area contributed by atoms with Crippen LogP contribution < -0.4 is 4.74 Å². The minimum Gasteiger partial charge on any atom is -0.496 e. The summed E-state index contributed by atoms with van der Waals surface area (Å²) in [7, 11) is 1.63. The molecule has 1 amide bonds. The van der Waals surface area contributed by atoms with Crippen molar-refractivity contribution in [2.24, 2.45) is 0 Å². The largest absolute Gasteiger partial charge is 0.496 e. The van der Waals surface area contributed by atoms with Gasteiger partial charge in [-0.3, -0.25) is 9.69 Å². The quantitative estimate of drug-likeness (QED) is 0.779. The summed E-state index contributed by atoms with van der Waals surface area (Å²) in [6.07, 6.45) is 4.74. The molecule has 2 aliphatic rings. The van der Waals surface area contributed by atoms with Gasteiger partial charge in [0.05, 0.1) is 11.6 Å². The minimum atomic E-state index is 0.120. The van der Waals surface area contributed by atoms with Crippen molar-refractivity contribution in [3.63, 3.8) is 0 Å². The molecule has 0 aromatic heterocycles. The molecule has 0 spiro atoms. The molecule has 0 N–H and O–H groups in total. The Bertz CT molecular complexity index is 578. The maximum atomic E-state index is 12.9. The van der Waals surface area contributed by atoms with Gasteiger partial charge in [-0.15, -0.1) is 0 Å². The second-order valence-electron chi connectivity index (χ2n) is 6.14. The smallest absolute Gasteiger partial charge is 0.253 e. The van der Waals surface area contributed by atoms with Crippen LogP contribution in [0.1, 0.15) is 23.2 Å². The van der Waals surface area contributed by atoms with Crippen LogP contribution in [0.15, 0.2) is 22.7 Å². The van der Waals surface area contributed by atoms with E-state index in [0.29, 0.717) is 11.3 Å². The fourth-order valence-electron chi connectivity index (χ4n) is 3.56. The highest BCUT2D eigenvalue weighted by molar-refractivity contribution is 9.10. The van der Waals surface area contributed by atoms with E-state index in [1.165, 1.54) is 25.9 Å². The van der Waals surface area contributed by atoms with Gasteiger partial charge in [-0.05, 0) is 66.3 Å². The molecular weight excluding hydrogens is 376 g/mol. The number of carbonyl (C=O) groups is 1. The topological polar surface area (TPSA) is 32.8 Å². The average molecular weight is 399 g/mol. The molecule has 2 saturated heterocycles. The highest BCUT2D eigenvalue weighted by atomic mass is 79.9. The summed E-state index contributed by atoms with van der Waals surface area (Å²) in [5, 5.41) is 0.513. The lowest BCUT2D eigenvalue weighted by Gasteiger charge is -2.27. The van der Waals surface area contributed by atoms with Crippen molar-refractivity contribution in [1.29, 1.82) is 0 Å². The Morgan fingerprint density at radius 3 is 2.65 bits per heavy atom. The Morgan fingerprint density at radius 2 is 2.04 bits per heavy atom. The van der Waals surface area contributed by atoms with E-state index in [0.717, 1.165) is 28.9 Å². The normalized spacial score (nSPS) is 25.1. The van der Waals surface area contributed by atoms with Gasteiger partial charge in [-0.1, -0.05) is 0 Å². The summed E-state index contributed by atoms with van der Waals surface area (Å²) < 4.78 is 6.06. The summed E-state index contributed by atoms with van der Waals surface area (Å²) in [4.78, 5) is 17.4. The van der Waals surface area contributed by atoms with E-state index in [1.807, 2.05) is 34.9 Å². The predicted octanol–water partition coefficient (Wildman–Crippen LogP) is 3.11.